The van der Waals surface area contributed by atoms with Crippen LogP contribution in [0.2, 0.25) is 19.6 Å². The summed E-state index contributed by atoms with van der Waals surface area (Å²) in [6.45, 7) is 17.9. The second-order valence-corrected chi connectivity index (χ2v) is 19.0. The molecular weight excluding hydrogens is 555 g/mol. The number of imidazole rings is 1. The molecule has 4 aromatic carbocycles. The molecule has 0 aliphatic heterocycles. The van der Waals surface area contributed by atoms with Crippen LogP contribution in [0, 0.1) is 13.8 Å². The first-order chi connectivity index (χ1) is 20.8. The molecule has 4 nitrogen and oxygen atoms in total. The summed E-state index contributed by atoms with van der Waals surface area (Å²) >= 11 is 0. The van der Waals surface area contributed by atoms with Crippen LogP contribution in [0.4, 0.5) is 0 Å². The summed E-state index contributed by atoms with van der Waals surface area (Å²) in [5, 5.41) is 12.6. The van der Waals surface area contributed by atoms with Gasteiger partial charge >= 0.3 is 0 Å². The molecule has 0 amide bonds. The molecule has 6 rings (SSSR count). The molecule has 2 aromatic heterocycles. The lowest BCUT2D eigenvalue weighted by Crippen LogP contribution is -2.37. The van der Waals surface area contributed by atoms with Gasteiger partial charge in [-0.2, -0.15) is 0 Å². The third-order valence-corrected chi connectivity index (χ3v) is 10.6. The van der Waals surface area contributed by atoms with Crippen LogP contribution >= 0.6 is 0 Å². The first-order valence-electron chi connectivity index (χ1n) is 15.3. The molecule has 5 heteroatoms. The van der Waals surface area contributed by atoms with Crippen LogP contribution in [0.5, 0.6) is 5.75 Å². The smallest absolute Gasteiger partial charge is 0.149 e. The second kappa shape index (κ2) is 10.9. The van der Waals surface area contributed by atoms with Gasteiger partial charge in [-0.25, -0.2) is 4.98 Å². The minimum Gasteiger partial charge on any atom is -0.507 e. The monoisotopic (exact) mass is 595 g/mol. The quantitative estimate of drug-likeness (QED) is 0.202. The minimum atomic E-state index is -1.43. The molecule has 1 N–H and O–H groups in total. The number of rotatable bonds is 5. The third kappa shape index (κ3) is 5.37. The van der Waals surface area contributed by atoms with Gasteiger partial charge in [0.1, 0.15) is 11.6 Å². The van der Waals surface area contributed by atoms with Crippen molar-refractivity contribution in [1.82, 2.24) is 14.5 Å². The zero-order chi connectivity index (χ0) is 31.4. The van der Waals surface area contributed by atoms with E-state index in [1.807, 2.05) is 12.3 Å². The summed E-state index contributed by atoms with van der Waals surface area (Å²) in [4.78, 5) is 10.2. The van der Waals surface area contributed by atoms with E-state index in [1.165, 1.54) is 5.19 Å². The zero-order valence-electron chi connectivity index (χ0n) is 27.0. The second-order valence-electron chi connectivity index (χ2n) is 13.9. The highest BCUT2D eigenvalue weighted by molar-refractivity contribution is 6.88. The fourth-order valence-electron chi connectivity index (χ4n) is 5.93. The number of para-hydroxylation sites is 2. The number of phenolic OH excluding ortho intramolecular Hbond substituents is 1. The van der Waals surface area contributed by atoms with Crippen molar-refractivity contribution >= 4 is 24.3 Å². The van der Waals surface area contributed by atoms with Crippen LogP contribution in [-0.2, 0) is 5.41 Å². The van der Waals surface area contributed by atoms with Gasteiger partial charge in [-0.3, -0.25) is 9.55 Å². The summed E-state index contributed by atoms with van der Waals surface area (Å²) in [5.74, 6) is 0.949. The van der Waals surface area contributed by atoms with Crippen LogP contribution in [-0.4, -0.2) is 27.7 Å². The van der Waals surface area contributed by atoms with E-state index in [0.29, 0.717) is 0 Å². The normalized spacial score (nSPS) is 12.2. The molecule has 0 fully saturated rings. The summed E-state index contributed by atoms with van der Waals surface area (Å²) < 4.78 is 2.23. The van der Waals surface area contributed by atoms with Gasteiger partial charge in [-0.15, -0.1) is 0 Å². The van der Waals surface area contributed by atoms with Crippen LogP contribution in [0.3, 0.4) is 0 Å². The van der Waals surface area contributed by atoms with Crippen molar-refractivity contribution in [2.45, 2.75) is 59.7 Å². The molecule has 0 saturated carbocycles. The van der Waals surface area contributed by atoms with Crippen LogP contribution in [0.15, 0.2) is 97.2 Å². The summed E-state index contributed by atoms with van der Waals surface area (Å²) in [7, 11) is -1.43. The molecule has 0 saturated heterocycles. The number of pyridine rings is 1. The number of aromatic nitrogens is 3. The number of benzene rings is 4. The lowest BCUT2D eigenvalue weighted by molar-refractivity contribution is 0.475. The zero-order valence-corrected chi connectivity index (χ0v) is 28.0. The number of nitrogens with zero attached hydrogens (tertiary/aromatic N) is 3. The fourth-order valence-corrected chi connectivity index (χ4v) is 6.97. The maximum absolute atomic E-state index is 11.2. The largest absolute Gasteiger partial charge is 0.507 e. The summed E-state index contributed by atoms with van der Waals surface area (Å²) in [6.07, 6.45) is 2.05. The van der Waals surface area contributed by atoms with Crippen molar-refractivity contribution in [2.75, 3.05) is 0 Å². The summed E-state index contributed by atoms with van der Waals surface area (Å²) in [5.41, 5.74) is 11.2. The minimum absolute atomic E-state index is 0.0786. The molecule has 0 radical (unpaired) electrons. The predicted octanol–water partition coefficient (Wildman–Crippen LogP) is 9.59. The average molecular weight is 596 g/mol. The number of hydrogen-bond acceptors (Lipinski definition) is 3. The molecule has 0 aliphatic rings. The molecule has 0 aliphatic carbocycles. The van der Waals surface area contributed by atoms with Gasteiger partial charge in [-0.1, -0.05) is 101 Å². The average Bonchev–Trinajstić information content (AvgIpc) is 3.35. The highest BCUT2D eigenvalue weighted by Gasteiger charge is 2.24. The highest BCUT2D eigenvalue weighted by Crippen LogP contribution is 2.40. The van der Waals surface area contributed by atoms with Crippen LogP contribution < -0.4 is 5.19 Å². The van der Waals surface area contributed by atoms with Crippen molar-refractivity contribution in [2.24, 2.45) is 0 Å². The molecular formula is C39H41N3OSi. The van der Waals surface area contributed by atoms with E-state index in [1.54, 1.807) is 6.07 Å². The van der Waals surface area contributed by atoms with Crippen molar-refractivity contribution in [3.8, 4) is 45.2 Å². The van der Waals surface area contributed by atoms with Crippen molar-refractivity contribution in [3.63, 3.8) is 0 Å². The van der Waals surface area contributed by atoms with Crippen LogP contribution in [0.1, 0.15) is 37.5 Å². The molecule has 0 spiro atoms. The van der Waals surface area contributed by atoms with Crippen molar-refractivity contribution < 1.29 is 5.11 Å². The van der Waals surface area contributed by atoms with Gasteiger partial charge in [0, 0.05) is 17.3 Å². The molecule has 0 atom stereocenters. The van der Waals surface area contributed by atoms with E-state index in [0.717, 1.165) is 67.2 Å². The van der Waals surface area contributed by atoms with E-state index in [9.17, 15) is 5.11 Å². The molecule has 44 heavy (non-hydrogen) atoms. The van der Waals surface area contributed by atoms with Crippen molar-refractivity contribution in [1.29, 1.82) is 0 Å². The number of phenols is 1. The van der Waals surface area contributed by atoms with Gasteiger partial charge in [0.15, 0.2) is 0 Å². The Hall–Kier alpha value is -4.48. The van der Waals surface area contributed by atoms with E-state index in [2.05, 4.69) is 138 Å². The number of fused-ring (bicyclic) bond motifs is 1. The Labute approximate surface area is 262 Å². The topological polar surface area (TPSA) is 50.9 Å². The highest BCUT2D eigenvalue weighted by atomic mass is 28.3. The Morgan fingerprint density at radius 2 is 1.41 bits per heavy atom. The SMILES string of the molecule is Cc1cccc(C)c1-n1c(-c2cc(C(C)(C)C)ccc2O)nc2c(-c3cccc(-c4ccc([Si](C)(C)C)cn4)c3)cccc21. The maximum Gasteiger partial charge on any atom is 0.149 e. The van der Waals surface area contributed by atoms with E-state index >= 15 is 0 Å². The Morgan fingerprint density at radius 1 is 0.727 bits per heavy atom. The fraction of sp³-hybridized carbons (Fsp3) is 0.231. The van der Waals surface area contributed by atoms with Crippen LogP contribution in [0.25, 0.3) is 50.5 Å². The van der Waals surface area contributed by atoms with Gasteiger partial charge in [0.25, 0.3) is 0 Å². The van der Waals surface area contributed by atoms with Gasteiger partial charge in [-0.05, 0) is 77.0 Å². The Kier molecular flexibility index (Phi) is 7.33. The predicted molar refractivity (Wildman–Crippen MR) is 188 cm³/mol. The van der Waals surface area contributed by atoms with E-state index < -0.39 is 8.07 Å². The molecule has 222 valence electrons. The lowest BCUT2D eigenvalue weighted by Gasteiger charge is -2.21. The van der Waals surface area contributed by atoms with E-state index in [-0.39, 0.29) is 11.2 Å². The maximum atomic E-state index is 11.2. The van der Waals surface area contributed by atoms with Gasteiger partial charge < -0.3 is 5.11 Å². The molecule has 0 bridgehead atoms. The lowest BCUT2D eigenvalue weighted by atomic mass is 9.86. The number of aromatic hydroxyl groups is 1. The Balaban J connectivity index is 1.59. The standard InChI is InChI=1S/C39H41N3OSi/c1-25-12-9-13-26(2)37(25)42-34-17-11-16-31(36(34)41-38(42)32-23-29(39(3,4)5)18-21-35(32)43)27-14-10-15-28(22-27)33-20-19-30(24-40-33)44(6,7)8/h9-24,43H,1-8H3. The first-order valence-corrected chi connectivity index (χ1v) is 18.8. The number of hydrogen-bond donors (Lipinski definition) is 1. The third-order valence-electron chi connectivity index (χ3n) is 8.55. The van der Waals surface area contributed by atoms with E-state index in [4.69, 9.17) is 9.97 Å². The molecule has 6 aromatic rings. The molecule has 0 unspecified atom stereocenters. The Morgan fingerprint density at radius 3 is 2.07 bits per heavy atom. The first kappa shape index (κ1) is 29.6. The Bertz CT molecular complexity index is 1990. The summed E-state index contributed by atoms with van der Waals surface area (Å²) in [6, 6.07) is 31.6. The van der Waals surface area contributed by atoms with Gasteiger partial charge in [0.05, 0.1) is 36.1 Å². The van der Waals surface area contributed by atoms with Crippen molar-refractivity contribution in [3.05, 3.63) is 114 Å². The number of aryl methyl sites for hydroxylation is 2. The molecule has 2 heterocycles. The van der Waals surface area contributed by atoms with Gasteiger partial charge in [0.2, 0.25) is 0 Å².